The predicted octanol–water partition coefficient (Wildman–Crippen LogP) is 3.76. The molecule has 1 N–H and O–H groups in total. The molecule has 2 saturated heterocycles. The van der Waals surface area contributed by atoms with Crippen molar-refractivity contribution in [2.45, 2.75) is 44.2 Å². The number of urea groups is 1. The lowest BCUT2D eigenvalue weighted by Crippen LogP contribution is -2.70. The van der Waals surface area contributed by atoms with Crippen molar-refractivity contribution in [3.63, 3.8) is 0 Å². The number of nitrogens with zero attached hydrogens (tertiary/aromatic N) is 5. The fourth-order valence-electron chi connectivity index (χ4n) is 4.50. The number of piperidine rings is 1. The summed E-state index contributed by atoms with van der Waals surface area (Å²) in [5.41, 5.74) is 2.88. The van der Waals surface area contributed by atoms with E-state index in [2.05, 4.69) is 21.5 Å². The lowest BCUT2D eigenvalue weighted by Gasteiger charge is -2.57. The molecule has 1 aromatic carbocycles. The molecule has 28 heavy (non-hydrogen) atoms. The molecule has 7 heteroatoms. The van der Waals surface area contributed by atoms with Crippen LogP contribution in [0.4, 0.5) is 10.5 Å². The molecular weight excluding hydrogens is 352 g/mol. The van der Waals surface area contributed by atoms with Crippen molar-refractivity contribution in [2.24, 2.45) is 0 Å². The molecule has 7 nitrogen and oxygen atoms in total. The number of carbonyl (C=O) groups excluding carboxylic acids is 1. The highest BCUT2D eigenvalue weighted by Crippen LogP contribution is 2.47. The van der Waals surface area contributed by atoms with E-state index in [0.717, 1.165) is 42.3 Å². The van der Waals surface area contributed by atoms with Gasteiger partial charge in [0.1, 0.15) is 5.54 Å². The van der Waals surface area contributed by atoms with Gasteiger partial charge in [0.2, 0.25) is 0 Å². The van der Waals surface area contributed by atoms with Crippen LogP contribution in [0.2, 0.25) is 0 Å². The molecular formula is C21H20N6O. The molecule has 0 saturated carbocycles. The number of fused-ring (bicyclic) bond motifs is 3. The SMILES string of the molecule is Cc1ccc(NC(=O)N2[C@H]3CCC[C@]2(C#N)C3)cc1-c1ncc2cccn2n1. The summed E-state index contributed by atoms with van der Waals surface area (Å²) >= 11 is 0. The molecule has 0 radical (unpaired) electrons. The van der Waals surface area contributed by atoms with Gasteiger partial charge >= 0.3 is 6.03 Å². The fourth-order valence-corrected chi connectivity index (χ4v) is 4.50. The Balaban J connectivity index is 1.43. The molecule has 0 unspecified atom stereocenters. The fraction of sp³-hybridized carbons (Fsp3) is 0.333. The van der Waals surface area contributed by atoms with Crippen LogP contribution < -0.4 is 5.32 Å². The summed E-state index contributed by atoms with van der Waals surface area (Å²) in [6.45, 7) is 1.99. The van der Waals surface area contributed by atoms with E-state index in [-0.39, 0.29) is 12.1 Å². The highest BCUT2D eigenvalue weighted by atomic mass is 16.2. The predicted molar refractivity (Wildman–Crippen MR) is 105 cm³/mol. The number of hydrogen-bond donors (Lipinski definition) is 1. The number of anilines is 1. The topological polar surface area (TPSA) is 86.3 Å². The summed E-state index contributed by atoms with van der Waals surface area (Å²) in [6.07, 6.45) is 7.20. The molecule has 2 amide bonds. The van der Waals surface area contributed by atoms with Gasteiger partial charge in [-0.3, -0.25) is 0 Å². The van der Waals surface area contributed by atoms with E-state index in [9.17, 15) is 10.1 Å². The van der Waals surface area contributed by atoms with Crippen molar-refractivity contribution in [3.8, 4) is 17.5 Å². The number of carbonyl (C=O) groups is 1. The molecule has 2 atom stereocenters. The van der Waals surface area contributed by atoms with Crippen LogP contribution in [0.1, 0.15) is 31.2 Å². The molecule has 4 heterocycles. The van der Waals surface area contributed by atoms with Crippen molar-refractivity contribution in [1.82, 2.24) is 19.5 Å². The van der Waals surface area contributed by atoms with Gasteiger partial charge in [-0.25, -0.2) is 14.3 Å². The third-order valence-electron chi connectivity index (χ3n) is 5.96. The van der Waals surface area contributed by atoms with Gasteiger partial charge in [0.25, 0.3) is 0 Å². The third-order valence-corrected chi connectivity index (χ3v) is 5.96. The molecule has 0 spiro atoms. The minimum absolute atomic E-state index is 0.179. The molecule has 5 rings (SSSR count). The Bertz CT molecular complexity index is 1130. The minimum atomic E-state index is -0.622. The normalized spacial score (nSPS) is 23.1. The summed E-state index contributed by atoms with van der Waals surface area (Å²) in [5, 5.41) is 17.1. The first-order valence-corrected chi connectivity index (χ1v) is 9.53. The van der Waals surface area contributed by atoms with Crippen LogP contribution in [0.25, 0.3) is 16.9 Å². The van der Waals surface area contributed by atoms with Crippen molar-refractivity contribution in [3.05, 3.63) is 48.3 Å². The van der Waals surface area contributed by atoms with Crippen LogP contribution in [0.5, 0.6) is 0 Å². The van der Waals surface area contributed by atoms with Gasteiger partial charge < -0.3 is 10.2 Å². The van der Waals surface area contributed by atoms with Crippen molar-refractivity contribution in [1.29, 1.82) is 5.26 Å². The zero-order valence-corrected chi connectivity index (χ0v) is 15.6. The van der Waals surface area contributed by atoms with Crippen LogP contribution in [0, 0.1) is 18.3 Å². The van der Waals surface area contributed by atoms with Crippen LogP contribution in [0.3, 0.4) is 0 Å². The molecule has 2 aliphatic rings. The van der Waals surface area contributed by atoms with E-state index >= 15 is 0 Å². The lowest BCUT2D eigenvalue weighted by atomic mass is 9.69. The molecule has 2 fully saturated rings. The number of nitriles is 1. The number of nitrogens with one attached hydrogen (secondary N) is 1. The standard InChI is InChI=1S/C21H20N6O/c1-14-6-7-15(10-18(14)19-23-12-17-5-3-9-26(17)25-19)24-20(28)27-16-4-2-8-21(27,11-16)13-22/h3,5-7,9-10,12,16H,2,4,8,11H2,1H3,(H,24,28)/t16-,21+/m0/s1. The summed E-state index contributed by atoms with van der Waals surface area (Å²) in [7, 11) is 0. The highest BCUT2D eigenvalue weighted by Gasteiger charge is 2.57. The summed E-state index contributed by atoms with van der Waals surface area (Å²) in [4.78, 5) is 19.1. The van der Waals surface area contributed by atoms with Gasteiger partial charge in [0.05, 0.1) is 17.8 Å². The quantitative estimate of drug-likeness (QED) is 0.742. The Morgan fingerprint density at radius 3 is 3.11 bits per heavy atom. The van der Waals surface area contributed by atoms with Crippen molar-refractivity contribution in [2.75, 3.05) is 5.32 Å². The summed E-state index contributed by atoms with van der Waals surface area (Å²) < 4.78 is 1.78. The average Bonchev–Trinajstić information content (AvgIpc) is 3.17. The smallest absolute Gasteiger partial charge is 0.308 e. The zero-order valence-electron chi connectivity index (χ0n) is 15.6. The van der Waals surface area contributed by atoms with Gasteiger partial charge in [-0.15, -0.1) is 5.10 Å². The van der Waals surface area contributed by atoms with Crippen LogP contribution >= 0.6 is 0 Å². The molecule has 3 aromatic rings. The molecule has 2 aromatic heterocycles. The highest BCUT2D eigenvalue weighted by molar-refractivity contribution is 5.92. The Hall–Kier alpha value is -3.40. The van der Waals surface area contributed by atoms with Gasteiger partial charge in [0, 0.05) is 29.9 Å². The van der Waals surface area contributed by atoms with Crippen LogP contribution in [-0.2, 0) is 0 Å². The lowest BCUT2D eigenvalue weighted by molar-refractivity contribution is -0.0314. The largest absolute Gasteiger partial charge is 0.323 e. The minimum Gasteiger partial charge on any atom is -0.308 e. The number of aryl methyl sites for hydroxylation is 1. The van der Waals surface area contributed by atoms with E-state index in [0.29, 0.717) is 11.5 Å². The van der Waals surface area contributed by atoms with E-state index < -0.39 is 5.54 Å². The monoisotopic (exact) mass is 372 g/mol. The van der Waals surface area contributed by atoms with E-state index in [1.165, 1.54) is 0 Å². The molecule has 2 bridgehead atoms. The van der Waals surface area contributed by atoms with E-state index in [1.807, 2.05) is 43.5 Å². The second kappa shape index (κ2) is 6.06. The maximum Gasteiger partial charge on any atom is 0.323 e. The molecule has 140 valence electrons. The van der Waals surface area contributed by atoms with Crippen LogP contribution in [-0.4, -0.2) is 37.1 Å². The number of amides is 2. The van der Waals surface area contributed by atoms with Crippen molar-refractivity contribution < 1.29 is 4.79 Å². The molecule has 0 aliphatic carbocycles. The third kappa shape index (κ3) is 2.45. The summed E-state index contributed by atoms with van der Waals surface area (Å²) in [6, 6.07) is 11.9. The Labute approximate surface area is 162 Å². The first kappa shape index (κ1) is 16.8. The number of hydrogen-bond acceptors (Lipinski definition) is 4. The Kier molecular flexibility index (Phi) is 3.63. The summed E-state index contributed by atoms with van der Waals surface area (Å²) in [5.74, 6) is 0.603. The van der Waals surface area contributed by atoms with Crippen LogP contribution in [0.15, 0.2) is 42.7 Å². The first-order valence-electron chi connectivity index (χ1n) is 9.53. The van der Waals surface area contributed by atoms with E-state index in [1.54, 1.807) is 15.6 Å². The first-order chi connectivity index (χ1) is 13.6. The second-order valence-corrected chi connectivity index (χ2v) is 7.68. The zero-order chi connectivity index (χ0) is 19.3. The van der Waals surface area contributed by atoms with Gasteiger partial charge in [-0.05, 0) is 56.0 Å². The molecule has 2 aliphatic heterocycles. The van der Waals surface area contributed by atoms with Gasteiger partial charge in [0.15, 0.2) is 5.82 Å². The number of benzene rings is 1. The Morgan fingerprint density at radius 2 is 2.29 bits per heavy atom. The van der Waals surface area contributed by atoms with Crippen molar-refractivity contribution >= 4 is 17.2 Å². The van der Waals surface area contributed by atoms with Gasteiger partial charge in [-0.2, -0.15) is 5.26 Å². The second-order valence-electron chi connectivity index (χ2n) is 7.68. The van der Waals surface area contributed by atoms with Gasteiger partial charge in [-0.1, -0.05) is 6.07 Å². The Morgan fingerprint density at radius 1 is 1.39 bits per heavy atom. The van der Waals surface area contributed by atoms with E-state index in [4.69, 9.17) is 0 Å². The maximum absolute atomic E-state index is 12.9. The number of rotatable bonds is 2. The number of aromatic nitrogens is 3. The maximum atomic E-state index is 12.9. The average molecular weight is 372 g/mol.